The van der Waals surface area contributed by atoms with Gasteiger partial charge in [0, 0.05) is 35.1 Å². The number of amides is 1. The number of rotatable bonds is 7. The van der Waals surface area contributed by atoms with Gasteiger partial charge in [0.1, 0.15) is 34.4 Å². The molecule has 0 aliphatic heterocycles. The Morgan fingerprint density at radius 3 is 2.59 bits per heavy atom. The summed E-state index contributed by atoms with van der Waals surface area (Å²) < 4.78 is 47.4. The fourth-order valence-electron chi connectivity index (χ4n) is 7.66. The van der Waals surface area contributed by atoms with Crippen LogP contribution in [-0.2, 0) is 16.4 Å². The van der Waals surface area contributed by atoms with Crippen molar-refractivity contribution < 1.29 is 32.6 Å². The van der Waals surface area contributed by atoms with E-state index in [-0.39, 0.29) is 41.1 Å². The fraction of sp³-hybridized carbons (Fsp3) is 0.387. The maximum atomic E-state index is 13.2. The van der Waals surface area contributed by atoms with Crippen LogP contribution in [0.3, 0.4) is 0 Å². The molecule has 4 aliphatic rings. The zero-order chi connectivity index (χ0) is 31.0. The summed E-state index contributed by atoms with van der Waals surface area (Å²) in [6.07, 6.45) is 3.31. The number of ether oxygens (including phenoxy) is 1. The maximum Gasteiger partial charge on any atom is 0.416 e. The number of nitrogens with two attached hydrogens (primary N) is 1. The summed E-state index contributed by atoms with van der Waals surface area (Å²) in [6, 6.07) is 6.32. The van der Waals surface area contributed by atoms with Crippen LogP contribution in [0.4, 0.5) is 24.8 Å². The molecule has 2 unspecified atom stereocenters. The van der Waals surface area contributed by atoms with Crippen molar-refractivity contribution in [2.24, 2.45) is 17.3 Å². The highest BCUT2D eigenvalue weighted by Crippen LogP contribution is 2.73. The first-order valence-electron chi connectivity index (χ1n) is 14.5. The monoisotopic (exact) mass is 606 g/mol. The van der Waals surface area contributed by atoms with Gasteiger partial charge in [-0.15, -0.1) is 0 Å². The van der Waals surface area contributed by atoms with Crippen molar-refractivity contribution in [3.8, 4) is 17.0 Å². The smallest absolute Gasteiger partial charge is 0.416 e. The van der Waals surface area contributed by atoms with Gasteiger partial charge < -0.3 is 20.9 Å². The average Bonchev–Trinajstić information content (AvgIpc) is 3.75. The molecule has 1 amide bonds. The summed E-state index contributed by atoms with van der Waals surface area (Å²) in [5.41, 5.74) is 6.38. The highest BCUT2D eigenvalue weighted by Gasteiger charge is 2.72. The maximum absolute atomic E-state index is 13.2. The number of aliphatic carboxylic acids is 1. The van der Waals surface area contributed by atoms with E-state index in [1.54, 1.807) is 19.2 Å². The Balaban J connectivity index is 1.28. The number of carboxylic acid groups (broad SMARTS) is 1. The van der Waals surface area contributed by atoms with Gasteiger partial charge in [-0.1, -0.05) is 0 Å². The lowest BCUT2D eigenvalue weighted by molar-refractivity contribution is -0.158. The van der Waals surface area contributed by atoms with Gasteiger partial charge in [-0.05, 0) is 81.2 Å². The Labute approximate surface area is 249 Å². The second-order valence-electron chi connectivity index (χ2n) is 11.9. The zero-order valence-corrected chi connectivity index (χ0v) is 23.7. The molecule has 4 aliphatic carbocycles. The molecular weight excluding hydrogens is 577 g/mol. The van der Waals surface area contributed by atoms with E-state index in [9.17, 15) is 27.9 Å². The van der Waals surface area contributed by atoms with E-state index in [0.29, 0.717) is 48.2 Å². The van der Waals surface area contributed by atoms with Crippen molar-refractivity contribution in [2.45, 2.75) is 50.6 Å². The van der Waals surface area contributed by atoms with Gasteiger partial charge in [0.25, 0.3) is 5.91 Å². The van der Waals surface area contributed by atoms with Crippen LogP contribution in [0, 0.1) is 17.3 Å². The first kappa shape index (κ1) is 28.1. The van der Waals surface area contributed by atoms with Crippen molar-refractivity contribution in [1.29, 1.82) is 0 Å². The number of hydrogen-bond donors (Lipinski definition) is 3. The fourth-order valence-corrected chi connectivity index (χ4v) is 7.66. The third-order valence-electron chi connectivity index (χ3n) is 9.83. The minimum Gasteiger partial charge on any atom is -0.493 e. The number of alkyl halides is 3. The Bertz CT molecular complexity index is 1830. The summed E-state index contributed by atoms with van der Waals surface area (Å²) in [6.45, 7) is 2.06. The number of nitrogen functional groups attached to an aromatic ring is 1. The number of anilines is 2. The number of hydrogen-bond acceptors (Lipinski definition) is 7. The van der Waals surface area contributed by atoms with Gasteiger partial charge in [-0.3, -0.25) is 14.0 Å². The molecule has 0 radical (unpaired) electrons. The molecule has 2 atom stereocenters. The van der Waals surface area contributed by atoms with Crippen LogP contribution in [0.15, 0.2) is 48.9 Å². The molecule has 1 aromatic carbocycles. The number of imidazole rings is 1. The lowest BCUT2D eigenvalue weighted by atomic mass is 9.53. The Kier molecular flexibility index (Phi) is 6.17. The Morgan fingerprint density at radius 2 is 1.89 bits per heavy atom. The molecule has 0 spiro atoms. The number of benzene rings is 1. The summed E-state index contributed by atoms with van der Waals surface area (Å²) in [4.78, 5) is 38.7. The summed E-state index contributed by atoms with van der Waals surface area (Å²) in [5, 5.41) is 12.5. The lowest BCUT2D eigenvalue weighted by Gasteiger charge is -2.50. The van der Waals surface area contributed by atoms with Gasteiger partial charge in [0.05, 0.1) is 17.6 Å². The van der Waals surface area contributed by atoms with Crippen LogP contribution < -0.4 is 15.8 Å². The number of carbonyl (C=O) groups is 2. The van der Waals surface area contributed by atoms with E-state index in [1.807, 2.05) is 10.6 Å². The van der Waals surface area contributed by atoms with Crippen LogP contribution in [0.1, 0.15) is 60.8 Å². The number of aromatic nitrogens is 4. The first-order chi connectivity index (χ1) is 21.0. The molecule has 10 nitrogen and oxygen atoms in total. The van der Waals surface area contributed by atoms with E-state index in [0.717, 1.165) is 30.6 Å². The Morgan fingerprint density at radius 1 is 1.11 bits per heavy atom. The standard InChI is InChI=1S/C31H29F3N6O4/c1-2-44-21-13-16(26(41)38-22-14-17(5-10-36-22)31(32,33)34)3-4-18(21)23-24-25(35)37-11-12-40(24)27(39-23)29-6-8-30(9-7-29,28(42)43)20-15-19(20)29/h3-5,10-14,19-20H,2,6-9,15H2,1H3,(H2,35,37)(H,42,43)(H,36,38,41). The molecule has 44 heavy (non-hydrogen) atoms. The molecule has 2 bridgehead atoms. The van der Waals surface area contributed by atoms with E-state index in [1.165, 1.54) is 12.1 Å². The zero-order valence-electron chi connectivity index (χ0n) is 23.7. The SMILES string of the molecule is CCOc1cc(C(=O)Nc2cc(C(F)(F)F)ccn2)ccc1-c1nc(C23CCC(C(=O)O)(CC2)C2CC23)n2ccnc(N)c12. The van der Waals surface area contributed by atoms with Gasteiger partial charge in [-0.25, -0.2) is 15.0 Å². The van der Waals surface area contributed by atoms with Gasteiger partial charge in [0.15, 0.2) is 0 Å². The van der Waals surface area contributed by atoms with Crippen molar-refractivity contribution in [3.05, 3.63) is 65.9 Å². The molecule has 3 aromatic heterocycles. The number of fused-ring (bicyclic) bond motifs is 3. The topological polar surface area (TPSA) is 145 Å². The van der Waals surface area contributed by atoms with E-state index < -0.39 is 29.0 Å². The van der Waals surface area contributed by atoms with E-state index >= 15 is 0 Å². The molecule has 228 valence electrons. The number of carbonyl (C=O) groups excluding carboxylic acids is 1. The third-order valence-corrected chi connectivity index (χ3v) is 9.83. The molecule has 0 saturated heterocycles. The van der Waals surface area contributed by atoms with Crippen LogP contribution >= 0.6 is 0 Å². The van der Waals surface area contributed by atoms with Crippen molar-refractivity contribution in [2.75, 3.05) is 17.7 Å². The molecule has 3 heterocycles. The summed E-state index contributed by atoms with van der Waals surface area (Å²) >= 11 is 0. The van der Waals surface area contributed by atoms with Crippen LogP contribution in [0.25, 0.3) is 16.8 Å². The number of nitrogens with zero attached hydrogens (tertiary/aromatic N) is 4. The molecule has 13 heteroatoms. The minimum absolute atomic E-state index is 0.126. The second-order valence-corrected chi connectivity index (χ2v) is 11.9. The highest BCUT2D eigenvalue weighted by atomic mass is 19.4. The lowest BCUT2D eigenvalue weighted by Crippen LogP contribution is -2.50. The number of nitrogens with one attached hydrogen (secondary N) is 1. The number of carboxylic acids is 1. The van der Waals surface area contributed by atoms with Crippen LogP contribution in [0.2, 0.25) is 0 Å². The average molecular weight is 607 g/mol. The first-order valence-corrected chi connectivity index (χ1v) is 14.5. The minimum atomic E-state index is -4.58. The predicted octanol–water partition coefficient (Wildman–Crippen LogP) is 5.58. The predicted molar refractivity (Wildman–Crippen MR) is 153 cm³/mol. The quantitative estimate of drug-likeness (QED) is 0.247. The van der Waals surface area contributed by atoms with Gasteiger partial charge in [-0.2, -0.15) is 13.2 Å². The highest BCUT2D eigenvalue weighted by molar-refractivity contribution is 6.04. The number of pyridine rings is 1. The van der Waals surface area contributed by atoms with Gasteiger partial charge in [0.2, 0.25) is 0 Å². The third kappa shape index (κ3) is 4.12. The molecule has 4 fully saturated rings. The van der Waals surface area contributed by atoms with Crippen LogP contribution in [0.5, 0.6) is 5.75 Å². The van der Waals surface area contributed by atoms with E-state index in [4.69, 9.17) is 15.5 Å². The molecule has 8 rings (SSSR count). The Hall–Kier alpha value is -4.68. The van der Waals surface area contributed by atoms with E-state index in [2.05, 4.69) is 15.3 Å². The number of halogens is 3. The normalized spacial score (nSPS) is 25.5. The molecule has 4 saturated carbocycles. The van der Waals surface area contributed by atoms with Crippen molar-refractivity contribution in [3.63, 3.8) is 0 Å². The van der Waals surface area contributed by atoms with Crippen molar-refractivity contribution >= 4 is 29.0 Å². The summed E-state index contributed by atoms with van der Waals surface area (Å²) in [5.74, 6) is 0.169. The molecule has 4 aromatic rings. The molecule has 4 N–H and O–H groups in total. The molecular formula is C31H29F3N6O4. The second kappa shape index (κ2) is 9.66. The summed E-state index contributed by atoms with van der Waals surface area (Å²) in [7, 11) is 0. The largest absolute Gasteiger partial charge is 0.493 e. The van der Waals surface area contributed by atoms with Crippen molar-refractivity contribution in [1.82, 2.24) is 19.4 Å². The van der Waals surface area contributed by atoms with Gasteiger partial charge >= 0.3 is 12.1 Å². The van der Waals surface area contributed by atoms with Crippen LogP contribution in [-0.4, -0.2) is 42.9 Å².